The summed E-state index contributed by atoms with van der Waals surface area (Å²) >= 11 is 0. The van der Waals surface area contributed by atoms with E-state index in [1.165, 1.54) is 0 Å². The third-order valence-corrected chi connectivity index (χ3v) is 2.09. The van der Waals surface area contributed by atoms with Gasteiger partial charge in [0.1, 0.15) is 0 Å². The lowest BCUT2D eigenvalue weighted by molar-refractivity contribution is -0.130. The topological polar surface area (TPSA) is 66.4 Å². The number of hydrogen-bond acceptors (Lipinski definition) is 2. The molecular weight excluding hydrogens is 230 g/mol. The number of carbonyl (C=O) groups is 2. The molecular formula is C14H17NO3. The molecule has 0 atom stereocenters. The summed E-state index contributed by atoms with van der Waals surface area (Å²) in [5.41, 5.74) is 0.0971. The van der Waals surface area contributed by atoms with Crippen LogP contribution in [0.3, 0.4) is 0 Å². The van der Waals surface area contributed by atoms with Gasteiger partial charge >= 0.3 is 5.97 Å². The van der Waals surface area contributed by atoms with Gasteiger partial charge in [-0.3, -0.25) is 4.79 Å². The third kappa shape index (κ3) is 4.41. The number of carboxylic acid groups (broad SMARTS) is 1. The molecule has 1 aromatic carbocycles. The molecule has 0 aliphatic rings. The van der Waals surface area contributed by atoms with E-state index in [1.807, 2.05) is 20.8 Å². The summed E-state index contributed by atoms with van der Waals surface area (Å²) < 4.78 is 0. The van der Waals surface area contributed by atoms with Crippen molar-refractivity contribution in [3.05, 3.63) is 42.0 Å². The lowest BCUT2D eigenvalue weighted by Gasteiger charge is -2.19. The van der Waals surface area contributed by atoms with E-state index < -0.39 is 17.4 Å². The first-order chi connectivity index (χ1) is 8.29. The van der Waals surface area contributed by atoms with E-state index in [0.717, 1.165) is 6.08 Å². The van der Waals surface area contributed by atoms with Gasteiger partial charge < -0.3 is 10.4 Å². The minimum absolute atomic E-state index is 0.0163. The summed E-state index contributed by atoms with van der Waals surface area (Å²) in [5, 5.41) is 11.8. The third-order valence-electron chi connectivity index (χ3n) is 2.09. The molecule has 0 radical (unpaired) electrons. The Labute approximate surface area is 106 Å². The maximum atomic E-state index is 11.7. The molecule has 0 unspecified atom stereocenters. The van der Waals surface area contributed by atoms with Crippen molar-refractivity contribution in [2.45, 2.75) is 26.3 Å². The zero-order chi connectivity index (χ0) is 13.8. The second kappa shape index (κ2) is 5.49. The van der Waals surface area contributed by atoms with Crippen molar-refractivity contribution in [3.8, 4) is 0 Å². The van der Waals surface area contributed by atoms with Crippen LogP contribution < -0.4 is 5.32 Å². The van der Waals surface area contributed by atoms with Crippen molar-refractivity contribution >= 4 is 17.4 Å². The molecule has 1 amide bonds. The monoisotopic (exact) mass is 247 g/mol. The molecule has 0 fully saturated rings. The average Bonchev–Trinajstić information content (AvgIpc) is 2.24. The van der Waals surface area contributed by atoms with Gasteiger partial charge in [0.05, 0.1) is 5.57 Å². The van der Waals surface area contributed by atoms with Crippen LogP contribution in [0.1, 0.15) is 26.3 Å². The number of carboxylic acids is 1. The standard InChI is InChI=1S/C14H17NO3/c1-14(2,3)15-12(16)9-11(13(17)18)10-7-5-4-6-8-10/h4-9H,1-3H3,(H,15,16)(H,17,18)/b11-9+. The van der Waals surface area contributed by atoms with Gasteiger partial charge in [0, 0.05) is 11.6 Å². The maximum absolute atomic E-state index is 11.7. The Morgan fingerprint density at radius 2 is 1.72 bits per heavy atom. The molecule has 0 aromatic heterocycles. The average molecular weight is 247 g/mol. The van der Waals surface area contributed by atoms with Gasteiger partial charge in [-0.2, -0.15) is 0 Å². The van der Waals surface area contributed by atoms with Gasteiger partial charge in [-0.15, -0.1) is 0 Å². The molecule has 4 nitrogen and oxygen atoms in total. The number of aliphatic carboxylic acids is 1. The molecule has 1 aromatic rings. The molecule has 0 spiro atoms. The highest BCUT2D eigenvalue weighted by Crippen LogP contribution is 2.14. The number of carbonyl (C=O) groups excluding carboxylic acids is 1. The summed E-state index contributed by atoms with van der Waals surface area (Å²) in [4.78, 5) is 22.8. The van der Waals surface area contributed by atoms with Crippen molar-refractivity contribution < 1.29 is 14.7 Å². The maximum Gasteiger partial charge on any atom is 0.336 e. The lowest BCUT2D eigenvalue weighted by atomic mass is 10.0. The fourth-order valence-corrected chi connectivity index (χ4v) is 1.42. The number of amides is 1. The Kier molecular flexibility index (Phi) is 4.26. The zero-order valence-corrected chi connectivity index (χ0v) is 10.7. The smallest absolute Gasteiger partial charge is 0.336 e. The fraction of sp³-hybridized carbons (Fsp3) is 0.286. The molecule has 1 rings (SSSR count). The minimum atomic E-state index is -1.12. The van der Waals surface area contributed by atoms with Crippen molar-refractivity contribution in [1.82, 2.24) is 5.32 Å². The number of hydrogen-bond donors (Lipinski definition) is 2. The van der Waals surface area contributed by atoms with Crippen LogP contribution in [0.15, 0.2) is 36.4 Å². The van der Waals surface area contributed by atoms with Gasteiger partial charge in [0.25, 0.3) is 0 Å². The van der Waals surface area contributed by atoms with E-state index in [0.29, 0.717) is 5.56 Å². The van der Waals surface area contributed by atoms with Gasteiger partial charge in [-0.05, 0) is 26.3 Å². The van der Waals surface area contributed by atoms with Crippen molar-refractivity contribution in [1.29, 1.82) is 0 Å². The number of nitrogens with one attached hydrogen (secondary N) is 1. The van der Waals surface area contributed by atoms with Crippen molar-refractivity contribution in [2.75, 3.05) is 0 Å². The highest BCUT2D eigenvalue weighted by molar-refractivity contribution is 6.20. The van der Waals surface area contributed by atoms with E-state index in [-0.39, 0.29) is 5.57 Å². The highest BCUT2D eigenvalue weighted by Gasteiger charge is 2.16. The first kappa shape index (κ1) is 14.0. The van der Waals surface area contributed by atoms with Crippen LogP contribution in [0.2, 0.25) is 0 Å². The molecule has 2 N–H and O–H groups in total. The van der Waals surface area contributed by atoms with Crippen molar-refractivity contribution in [2.24, 2.45) is 0 Å². The molecule has 18 heavy (non-hydrogen) atoms. The van der Waals surface area contributed by atoms with Crippen molar-refractivity contribution in [3.63, 3.8) is 0 Å². The molecule has 4 heteroatoms. The molecule has 96 valence electrons. The van der Waals surface area contributed by atoms with Gasteiger partial charge in [-0.25, -0.2) is 4.79 Å². The molecule has 0 bridgehead atoms. The Morgan fingerprint density at radius 3 is 2.17 bits per heavy atom. The fourth-order valence-electron chi connectivity index (χ4n) is 1.42. The Balaban J connectivity index is 3.00. The number of rotatable bonds is 3. The summed E-state index contributed by atoms with van der Waals surface area (Å²) in [6, 6.07) is 8.56. The van der Waals surface area contributed by atoms with Crippen LogP contribution in [-0.2, 0) is 9.59 Å². The van der Waals surface area contributed by atoms with Crippen LogP contribution in [0, 0.1) is 0 Å². The second-order valence-corrected chi connectivity index (χ2v) is 4.97. The van der Waals surface area contributed by atoms with E-state index in [1.54, 1.807) is 30.3 Å². The lowest BCUT2D eigenvalue weighted by Crippen LogP contribution is -2.39. The van der Waals surface area contributed by atoms with Gasteiger partial charge in [0.2, 0.25) is 5.91 Å². The molecule has 0 aliphatic heterocycles. The highest BCUT2D eigenvalue weighted by atomic mass is 16.4. The quantitative estimate of drug-likeness (QED) is 0.803. The normalized spacial score (nSPS) is 12.1. The SMILES string of the molecule is CC(C)(C)NC(=O)/C=C(/C(=O)O)c1ccccc1. The Bertz CT molecular complexity index is 470. The number of benzene rings is 1. The zero-order valence-electron chi connectivity index (χ0n) is 10.7. The minimum Gasteiger partial charge on any atom is -0.478 e. The van der Waals surface area contributed by atoms with Gasteiger partial charge in [0.15, 0.2) is 0 Å². The predicted octanol–water partition coefficient (Wildman–Crippen LogP) is 2.07. The Hall–Kier alpha value is -2.10. The largest absolute Gasteiger partial charge is 0.478 e. The molecule has 0 saturated heterocycles. The summed E-state index contributed by atoms with van der Waals surface area (Å²) in [6.07, 6.45) is 1.11. The second-order valence-electron chi connectivity index (χ2n) is 4.97. The molecule has 0 saturated carbocycles. The van der Waals surface area contributed by atoms with E-state index in [9.17, 15) is 9.59 Å². The van der Waals surface area contributed by atoms with E-state index in [2.05, 4.69) is 5.32 Å². The molecule has 0 aliphatic carbocycles. The van der Waals surface area contributed by atoms with Crippen LogP contribution in [0.5, 0.6) is 0 Å². The van der Waals surface area contributed by atoms with Crippen LogP contribution in [0.4, 0.5) is 0 Å². The van der Waals surface area contributed by atoms with Gasteiger partial charge in [-0.1, -0.05) is 30.3 Å². The molecule has 0 heterocycles. The van der Waals surface area contributed by atoms with Crippen LogP contribution in [0.25, 0.3) is 5.57 Å². The van der Waals surface area contributed by atoms with E-state index in [4.69, 9.17) is 5.11 Å². The summed E-state index contributed by atoms with van der Waals surface area (Å²) in [6.45, 7) is 5.51. The van der Waals surface area contributed by atoms with Crippen LogP contribution >= 0.6 is 0 Å². The summed E-state index contributed by atoms with van der Waals surface area (Å²) in [5.74, 6) is -1.53. The first-order valence-corrected chi connectivity index (χ1v) is 5.62. The van der Waals surface area contributed by atoms with Crippen LogP contribution in [-0.4, -0.2) is 22.5 Å². The summed E-state index contributed by atoms with van der Waals surface area (Å²) in [7, 11) is 0. The predicted molar refractivity (Wildman–Crippen MR) is 70.0 cm³/mol. The first-order valence-electron chi connectivity index (χ1n) is 5.62. The Morgan fingerprint density at radius 1 is 1.17 bits per heavy atom. The van der Waals surface area contributed by atoms with E-state index >= 15 is 0 Å².